The molecule has 0 radical (unpaired) electrons. The highest BCUT2D eigenvalue weighted by molar-refractivity contribution is 6.31. The Morgan fingerprint density at radius 1 is 1.33 bits per heavy atom. The lowest BCUT2D eigenvalue weighted by Gasteiger charge is -2.41. The molecule has 1 aromatic rings. The zero-order chi connectivity index (χ0) is 13.9. The van der Waals surface area contributed by atoms with Crippen molar-refractivity contribution in [3.8, 4) is 0 Å². The molecule has 2 nitrogen and oxygen atoms in total. The highest BCUT2D eigenvalue weighted by Crippen LogP contribution is 2.34. The molecule has 0 fully saturated rings. The third-order valence-electron chi connectivity index (χ3n) is 3.50. The lowest BCUT2D eigenvalue weighted by molar-refractivity contribution is -0.00635. The van der Waals surface area contributed by atoms with Crippen LogP contribution in [0.2, 0.25) is 5.02 Å². The van der Waals surface area contributed by atoms with Crippen molar-refractivity contribution in [2.75, 3.05) is 13.1 Å². The molecule has 1 N–H and O–H groups in total. The van der Waals surface area contributed by atoms with Crippen LogP contribution >= 0.6 is 11.6 Å². The van der Waals surface area contributed by atoms with E-state index in [-0.39, 0.29) is 5.82 Å². The van der Waals surface area contributed by atoms with E-state index >= 15 is 0 Å². The third-order valence-corrected chi connectivity index (χ3v) is 3.84. The largest absolute Gasteiger partial charge is 0.386 e. The van der Waals surface area contributed by atoms with Crippen LogP contribution in [0.3, 0.4) is 0 Å². The summed E-state index contributed by atoms with van der Waals surface area (Å²) in [6.45, 7) is 9.56. The first kappa shape index (κ1) is 15.4. The smallest absolute Gasteiger partial charge is 0.123 e. The van der Waals surface area contributed by atoms with Gasteiger partial charge in [-0.2, -0.15) is 0 Å². The van der Waals surface area contributed by atoms with Crippen LogP contribution in [0.1, 0.15) is 39.4 Å². The number of rotatable bonds is 5. The van der Waals surface area contributed by atoms with E-state index in [1.807, 2.05) is 27.7 Å². The molecule has 1 atom stereocenters. The van der Waals surface area contributed by atoms with E-state index < -0.39 is 11.6 Å². The van der Waals surface area contributed by atoms with Gasteiger partial charge in [-0.3, -0.25) is 4.90 Å². The molecule has 18 heavy (non-hydrogen) atoms. The van der Waals surface area contributed by atoms with E-state index in [1.54, 1.807) is 0 Å². The maximum atomic E-state index is 13.3. The maximum Gasteiger partial charge on any atom is 0.123 e. The molecular weight excluding hydrogens is 253 g/mol. The summed E-state index contributed by atoms with van der Waals surface area (Å²) >= 11 is 6.04. The Bertz CT molecular complexity index is 405. The molecule has 0 bridgehead atoms. The van der Waals surface area contributed by atoms with Crippen molar-refractivity contribution >= 4 is 11.6 Å². The number of hydrogen-bond donors (Lipinski definition) is 1. The van der Waals surface area contributed by atoms with Crippen molar-refractivity contribution < 1.29 is 9.50 Å². The van der Waals surface area contributed by atoms with Gasteiger partial charge in [0, 0.05) is 16.1 Å². The average Bonchev–Trinajstić information content (AvgIpc) is 2.32. The van der Waals surface area contributed by atoms with Gasteiger partial charge in [-0.05, 0) is 45.1 Å². The molecule has 4 heteroatoms. The summed E-state index contributed by atoms with van der Waals surface area (Å²) in [6.07, 6.45) is -0.833. The number of nitrogens with zero attached hydrogens (tertiary/aromatic N) is 1. The fourth-order valence-electron chi connectivity index (χ4n) is 2.32. The minimum Gasteiger partial charge on any atom is -0.386 e. The van der Waals surface area contributed by atoms with Crippen LogP contribution in [0.25, 0.3) is 0 Å². The number of likely N-dealkylation sites (N-methyl/N-ethyl adjacent to an activating group) is 1. The molecule has 0 amide bonds. The molecule has 1 aromatic carbocycles. The molecule has 0 saturated heterocycles. The number of aliphatic hydroxyl groups excluding tert-OH is 1. The first-order chi connectivity index (χ1) is 8.34. The Hall–Kier alpha value is -0.640. The van der Waals surface area contributed by atoms with Crippen molar-refractivity contribution in [2.24, 2.45) is 0 Å². The van der Waals surface area contributed by atoms with Crippen molar-refractivity contribution in [2.45, 2.75) is 39.3 Å². The summed E-state index contributed by atoms with van der Waals surface area (Å²) in [5.74, 6) is -0.385. The standard InChI is InChI=1S/C14H21ClFNO/c1-5-17(6-2)14(3,4)13(18)11-9-10(16)7-8-12(11)15/h7-9,13,18H,5-6H2,1-4H3. The Balaban J connectivity index is 3.12. The van der Waals surface area contributed by atoms with Gasteiger partial charge in [0.05, 0.1) is 6.10 Å². The summed E-state index contributed by atoms with van der Waals surface area (Å²) in [7, 11) is 0. The quantitative estimate of drug-likeness (QED) is 0.885. The minimum absolute atomic E-state index is 0.385. The lowest BCUT2D eigenvalue weighted by Crippen LogP contribution is -2.48. The second-order valence-electron chi connectivity index (χ2n) is 4.89. The number of hydrogen-bond acceptors (Lipinski definition) is 2. The van der Waals surface area contributed by atoms with Crippen molar-refractivity contribution in [3.05, 3.63) is 34.6 Å². The monoisotopic (exact) mass is 273 g/mol. The van der Waals surface area contributed by atoms with Gasteiger partial charge >= 0.3 is 0 Å². The molecule has 0 aliphatic carbocycles. The zero-order valence-electron chi connectivity index (χ0n) is 11.4. The summed E-state index contributed by atoms with van der Waals surface area (Å²) in [5.41, 5.74) is -0.0606. The first-order valence-corrected chi connectivity index (χ1v) is 6.60. The van der Waals surface area contributed by atoms with Crippen LogP contribution in [0.4, 0.5) is 4.39 Å². The van der Waals surface area contributed by atoms with Crippen LogP contribution in [-0.2, 0) is 0 Å². The lowest BCUT2D eigenvalue weighted by atomic mass is 9.89. The molecule has 1 unspecified atom stereocenters. The summed E-state index contributed by atoms with van der Waals surface area (Å²) in [6, 6.07) is 4.08. The van der Waals surface area contributed by atoms with E-state index in [1.165, 1.54) is 18.2 Å². The van der Waals surface area contributed by atoms with Gasteiger partial charge in [0.2, 0.25) is 0 Å². The average molecular weight is 274 g/mol. The van der Waals surface area contributed by atoms with E-state index in [9.17, 15) is 9.50 Å². The van der Waals surface area contributed by atoms with Crippen LogP contribution in [0.15, 0.2) is 18.2 Å². The zero-order valence-corrected chi connectivity index (χ0v) is 12.1. The van der Waals surface area contributed by atoms with Crippen LogP contribution in [0, 0.1) is 5.82 Å². The molecule has 0 aliphatic rings. The van der Waals surface area contributed by atoms with Gasteiger partial charge in [-0.1, -0.05) is 25.4 Å². The maximum absolute atomic E-state index is 13.3. The van der Waals surface area contributed by atoms with Crippen molar-refractivity contribution in [3.63, 3.8) is 0 Å². The second kappa shape index (κ2) is 6.00. The van der Waals surface area contributed by atoms with Gasteiger partial charge in [0.1, 0.15) is 5.82 Å². The highest BCUT2D eigenvalue weighted by atomic mass is 35.5. The van der Waals surface area contributed by atoms with Gasteiger partial charge < -0.3 is 5.11 Å². The van der Waals surface area contributed by atoms with Crippen LogP contribution in [-0.4, -0.2) is 28.6 Å². The number of benzene rings is 1. The normalized spacial score (nSPS) is 14.0. The molecule has 1 rings (SSSR count). The Morgan fingerprint density at radius 2 is 1.89 bits per heavy atom. The van der Waals surface area contributed by atoms with Gasteiger partial charge in [-0.25, -0.2) is 4.39 Å². The second-order valence-corrected chi connectivity index (χ2v) is 5.30. The van der Waals surface area contributed by atoms with E-state index in [0.717, 1.165) is 13.1 Å². The predicted molar refractivity (Wildman–Crippen MR) is 73.4 cm³/mol. The van der Waals surface area contributed by atoms with Gasteiger partial charge in [0.25, 0.3) is 0 Å². The molecule has 0 saturated carbocycles. The Labute approximate surface area is 113 Å². The molecule has 0 spiro atoms. The fourth-order valence-corrected chi connectivity index (χ4v) is 2.54. The van der Waals surface area contributed by atoms with Crippen molar-refractivity contribution in [1.29, 1.82) is 0 Å². The minimum atomic E-state index is -0.833. The van der Waals surface area contributed by atoms with Crippen molar-refractivity contribution in [1.82, 2.24) is 4.90 Å². The number of halogens is 2. The van der Waals surface area contributed by atoms with Gasteiger partial charge in [-0.15, -0.1) is 0 Å². The van der Waals surface area contributed by atoms with Gasteiger partial charge in [0.15, 0.2) is 0 Å². The molecule has 102 valence electrons. The molecule has 0 aliphatic heterocycles. The molecule has 0 heterocycles. The topological polar surface area (TPSA) is 23.5 Å². The Kier molecular flexibility index (Phi) is 5.14. The highest BCUT2D eigenvalue weighted by Gasteiger charge is 2.34. The number of aliphatic hydroxyl groups is 1. The SMILES string of the molecule is CCN(CC)C(C)(C)C(O)c1cc(F)ccc1Cl. The van der Waals surface area contributed by atoms with E-state index in [0.29, 0.717) is 10.6 Å². The summed E-state index contributed by atoms with van der Waals surface area (Å²) in [4.78, 5) is 2.12. The predicted octanol–water partition coefficient (Wildman–Crippen LogP) is 3.63. The Morgan fingerprint density at radius 3 is 2.39 bits per heavy atom. The summed E-state index contributed by atoms with van der Waals surface area (Å²) < 4.78 is 13.3. The van der Waals surface area contributed by atoms with E-state index in [4.69, 9.17) is 11.6 Å². The summed E-state index contributed by atoms with van der Waals surface area (Å²) in [5, 5.41) is 10.9. The third kappa shape index (κ3) is 3.02. The van der Waals surface area contributed by atoms with Crippen LogP contribution < -0.4 is 0 Å². The molecule has 0 aromatic heterocycles. The van der Waals surface area contributed by atoms with E-state index in [2.05, 4.69) is 4.90 Å². The fraction of sp³-hybridized carbons (Fsp3) is 0.571. The van der Waals surface area contributed by atoms with Crippen LogP contribution in [0.5, 0.6) is 0 Å². The first-order valence-electron chi connectivity index (χ1n) is 6.22. The molecular formula is C14H21ClFNO.